The van der Waals surface area contributed by atoms with E-state index < -0.39 is 16.0 Å². The Morgan fingerprint density at radius 1 is 0.917 bits per heavy atom. The zero-order chi connectivity index (χ0) is 17.2. The van der Waals surface area contributed by atoms with Crippen molar-refractivity contribution in [3.05, 3.63) is 23.8 Å². The molecule has 0 unspecified atom stereocenters. The van der Waals surface area contributed by atoms with E-state index in [1.54, 1.807) is 6.07 Å². The van der Waals surface area contributed by atoms with E-state index in [1.165, 1.54) is 16.4 Å². The fraction of sp³-hybridized carbons (Fsp3) is 0.588. The summed E-state index contributed by atoms with van der Waals surface area (Å²) in [5.41, 5.74) is 0.530. The van der Waals surface area contributed by atoms with Crippen LogP contribution in [0.2, 0.25) is 0 Å². The van der Waals surface area contributed by atoms with Crippen molar-refractivity contribution in [3.63, 3.8) is 0 Å². The molecular formula is C17H23N2O4S-. The smallest absolute Gasteiger partial charge is 0.243 e. The molecule has 3 rings (SSSR count). The molecular weight excluding hydrogens is 328 g/mol. The van der Waals surface area contributed by atoms with Crippen LogP contribution in [0.15, 0.2) is 23.1 Å². The van der Waals surface area contributed by atoms with Gasteiger partial charge < -0.3 is 14.8 Å². The number of piperidine rings is 2. The number of carbonyl (C=O) groups excluding carboxylic acids is 1. The maximum atomic E-state index is 12.7. The van der Waals surface area contributed by atoms with Gasteiger partial charge in [0.15, 0.2) is 0 Å². The fourth-order valence-corrected chi connectivity index (χ4v) is 5.05. The zero-order valence-electron chi connectivity index (χ0n) is 13.7. The van der Waals surface area contributed by atoms with Gasteiger partial charge in [0.05, 0.1) is 10.9 Å². The maximum Gasteiger partial charge on any atom is 0.243 e. The molecule has 24 heavy (non-hydrogen) atoms. The lowest BCUT2D eigenvalue weighted by molar-refractivity contribution is -0.254. The Kier molecular flexibility index (Phi) is 5.10. The van der Waals surface area contributed by atoms with Crippen LogP contribution in [0, 0.1) is 0 Å². The van der Waals surface area contributed by atoms with Crippen molar-refractivity contribution < 1.29 is 18.3 Å². The second kappa shape index (κ2) is 7.11. The second-order valence-electron chi connectivity index (χ2n) is 6.48. The summed E-state index contributed by atoms with van der Waals surface area (Å²) in [6.07, 6.45) is 5.89. The molecule has 0 spiro atoms. The maximum absolute atomic E-state index is 12.7. The van der Waals surface area contributed by atoms with E-state index in [9.17, 15) is 18.3 Å². The molecule has 1 aromatic carbocycles. The van der Waals surface area contributed by atoms with Gasteiger partial charge in [0.25, 0.3) is 0 Å². The van der Waals surface area contributed by atoms with Crippen molar-refractivity contribution in [1.29, 1.82) is 0 Å². The Morgan fingerprint density at radius 3 is 2.08 bits per heavy atom. The van der Waals surface area contributed by atoms with Crippen molar-refractivity contribution in [3.8, 4) is 0 Å². The van der Waals surface area contributed by atoms with Gasteiger partial charge in [-0.3, -0.25) is 0 Å². The molecule has 2 aliphatic heterocycles. The first kappa shape index (κ1) is 17.2. The second-order valence-corrected chi connectivity index (χ2v) is 8.42. The first-order valence-corrected chi connectivity index (χ1v) is 10.0. The van der Waals surface area contributed by atoms with Crippen LogP contribution in [0.4, 0.5) is 5.69 Å². The van der Waals surface area contributed by atoms with Crippen LogP contribution in [0.5, 0.6) is 0 Å². The Bertz CT molecular complexity index is 705. The lowest BCUT2D eigenvalue weighted by Crippen LogP contribution is -2.36. The van der Waals surface area contributed by atoms with Crippen molar-refractivity contribution in [2.45, 2.75) is 43.4 Å². The Hall–Kier alpha value is -1.60. The number of nitrogens with zero attached hydrogens (tertiary/aromatic N) is 2. The van der Waals surface area contributed by atoms with Crippen LogP contribution < -0.4 is 10.0 Å². The van der Waals surface area contributed by atoms with Gasteiger partial charge in [-0.05, 0) is 50.3 Å². The summed E-state index contributed by atoms with van der Waals surface area (Å²) < 4.78 is 26.9. The van der Waals surface area contributed by atoms with Crippen LogP contribution in [0.25, 0.3) is 0 Å². The van der Waals surface area contributed by atoms with Crippen LogP contribution >= 0.6 is 0 Å². The van der Waals surface area contributed by atoms with Crippen molar-refractivity contribution >= 4 is 21.7 Å². The Balaban J connectivity index is 1.95. The molecule has 0 atom stereocenters. The third kappa shape index (κ3) is 3.42. The number of sulfonamides is 1. The normalized spacial score (nSPS) is 20.1. The van der Waals surface area contributed by atoms with Crippen LogP contribution in [0.1, 0.15) is 48.9 Å². The van der Waals surface area contributed by atoms with Gasteiger partial charge in [0.2, 0.25) is 10.0 Å². The zero-order valence-corrected chi connectivity index (χ0v) is 14.6. The minimum absolute atomic E-state index is 0.0324. The third-order valence-corrected chi connectivity index (χ3v) is 6.73. The predicted molar refractivity (Wildman–Crippen MR) is 89.4 cm³/mol. The quantitative estimate of drug-likeness (QED) is 0.815. The van der Waals surface area contributed by atoms with Gasteiger partial charge in [0, 0.05) is 37.4 Å². The summed E-state index contributed by atoms with van der Waals surface area (Å²) >= 11 is 0. The predicted octanol–water partition coefficient (Wildman–Crippen LogP) is 1.21. The van der Waals surface area contributed by atoms with Gasteiger partial charge in [0.1, 0.15) is 0 Å². The molecule has 6 nitrogen and oxygen atoms in total. The summed E-state index contributed by atoms with van der Waals surface area (Å²) in [4.78, 5) is 13.6. The highest BCUT2D eigenvalue weighted by Gasteiger charge is 2.27. The molecule has 0 aromatic heterocycles. The molecule has 7 heteroatoms. The number of carboxylic acids is 1. The van der Waals surface area contributed by atoms with Crippen molar-refractivity contribution in [2.24, 2.45) is 0 Å². The van der Waals surface area contributed by atoms with E-state index in [4.69, 9.17) is 0 Å². The molecule has 2 heterocycles. The fourth-order valence-electron chi connectivity index (χ4n) is 3.50. The number of anilines is 1. The van der Waals surface area contributed by atoms with Crippen molar-refractivity contribution in [1.82, 2.24) is 4.31 Å². The molecule has 0 aliphatic carbocycles. The van der Waals surface area contributed by atoms with Gasteiger partial charge in [-0.2, -0.15) is 4.31 Å². The largest absolute Gasteiger partial charge is 0.545 e. The van der Waals surface area contributed by atoms with E-state index >= 15 is 0 Å². The first-order chi connectivity index (χ1) is 11.5. The molecule has 0 radical (unpaired) electrons. The molecule has 0 amide bonds. The van der Waals surface area contributed by atoms with Crippen LogP contribution in [-0.2, 0) is 10.0 Å². The summed E-state index contributed by atoms with van der Waals surface area (Å²) in [7, 11) is -3.64. The summed E-state index contributed by atoms with van der Waals surface area (Å²) in [6.45, 7) is 2.57. The first-order valence-electron chi connectivity index (χ1n) is 8.60. The topological polar surface area (TPSA) is 80.7 Å². The Morgan fingerprint density at radius 2 is 1.50 bits per heavy atom. The monoisotopic (exact) mass is 351 g/mol. The highest BCUT2D eigenvalue weighted by molar-refractivity contribution is 7.89. The standard InChI is InChI=1S/C17H24N2O4S/c20-17(21)15-13-14(24(22,23)19-11-5-2-6-12-19)7-8-16(15)18-9-3-1-4-10-18/h7-8,13H,1-6,9-12H2,(H,20,21)/p-1. The molecule has 2 saturated heterocycles. The third-order valence-electron chi connectivity index (χ3n) is 4.84. The number of benzene rings is 1. The van der Waals surface area contributed by atoms with E-state index in [0.29, 0.717) is 18.8 Å². The number of hydrogen-bond acceptors (Lipinski definition) is 5. The number of hydrogen-bond donors (Lipinski definition) is 0. The highest BCUT2D eigenvalue weighted by atomic mass is 32.2. The lowest BCUT2D eigenvalue weighted by atomic mass is 10.1. The van der Waals surface area contributed by atoms with Gasteiger partial charge in [-0.25, -0.2) is 8.42 Å². The molecule has 1 aromatic rings. The summed E-state index contributed by atoms with van der Waals surface area (Å²) in [6, 6.07) is 4.41. The van der Waals surface area contributed by atoms with Gasteiger partial charge in [-0.1, -0.05) is 6.42 Å². The SMILES string of the molecule is O=C([O-])c1cc(S(=O)(=O)N2CCCCC2)ccc1N1CCCCC1. The lowest BCUT2D eigenvalue weighted by Gasteiger charge is -2.31. The van der Waals surface area contributed by atoms with E-state index in [0.717, 1.165) is 51.6 Å². The molecule has 2 fully saturated rings. The molecule has 0 N–H and O–H groups in total. The molecule has 0 bridgehead atoms. The average molecular weight is 351 g/mol. The van der Waals surface area contributed by atoms with Gasteiger partial charge in [-0.15, -0.1) is 0 Å². The Labute approximate surface area is 143 Å². The summed E-state index contributed by atoms with van der Waals surface area (Å²) in [5, 5.41) is 11.6. The van der Waals surface area contributed by atoms with E-state index in [1.807, 2.05) is 4.90 Å². The number of rotatable bonds is 4. The molecule has 2 aliphatic rings. The number of aromatic carboxylic acids is 1. The summed E-state index contributed by atoms with van der Waals surface area (Å²) in [5.74, 6) is -1.33. The van der Waals surface area contributed by atoms with E-state index in [2.05, 4.69) is 0 Å². The van der Waals surface area contributed by atoms with E-state index in [-0.39, 0.29) is 10.5 Å². The number of carboxylic acid groups (broad SMARTS) is 1. The number of carbonyl (C=O) groups is 1. The minimum atomic E-state index is -3.64. The molecule has 0 saturated carbocycles. The molecule has 132 valence electrons. The van der Waals surface area contributed by atoms with Gasteiger partial charge >= 0.3 is 0 Å². The van der Waals surface area contributed by atoms with Crippen LogP contribution in [-0.4, -0.2) is 44.9 Å². The average Bonchev–Trinajstić information content (AvgIpc) is 2.62. The van der Waals surface area contributed by atoms with Crippen molar-refractivity contribution in [2.75, 3.05) is 31.1 Å². The highest BCUT2D eigenvalue weighted by Crippen LogP contribution is 2.28. The van der Waals surface area contributed by atoms with Crippen LogP contribution in [0.3, 0.4) is 0 Å². The minimum Gasteiger partial charge on any atom is -0.545 e.